The van der Waals surface area contributed by atoms with E-state index in [1.807, 2.05) is 13.0 Å². The summed E-state index contributed by atoms with van der Waals surface area (Å²) in [6, 6.07) is 8.22. The van der Waals surface area contributed by atoms with Gasteiger partial charge in [-0.25, -0.2) is 17.2 Å². The summed E-state index contributed by atoms with van der Waals surface area (Å²) in [7, 11) is -3.78. The predicted octanol–water partition coefficient (Wildman–Crippen LogP) is 2.99. The second kappa shape index (κ2) is 7.18. The van der Waals surface area contributed by atoms with Crippen LogP contribution < -0.4 is 9.62 Å². The van der Waals surface area contributed by atoms with E-state index in [0.29, 0.717) is 11.3 Å². The van der Waals surface area contributed by atoms with Crippen molar-refractivity contribution >= 4 is 27.3 Å². The van der Waals surface area contributed by atoms with Crippen LogP contribution in [0, 0.1) is 25.5 Å². The van der Waals surface area contributed by atoms with Crippen molar-refractivity contribution in [2.75, 3.05) is 22.4 Å². The van der Waals surface area contributed by atoms with Crippen LogP contribution in [0.4, 0.5) is 20.2 Å². The van der Waals surface area contributed by atoms with Crippen molar-refractivity contribution in [3.05, 3.63) is 59.2 Å². The van der Waals surface area contributed by atoms with Crippen molar-refractivity contribution in [1.29, 1.82) is 0 Å². The van der Waals surface area contributed by atoms with Crippen LogP contribution in [0.25, 0.3) is 0 Å². The van der Waals surface area contributed by atoms with E-state index in [2.05, 4.69) is 5.32 Å². The first-order valence-corrected chi connectivity index (χ1v) is 9.24. The first-order chi connectivity index (χ1) is 11.6. The number of anilines is 2. The van der Waals surface area contributed by atoms with Gasteiger partial charge in [-0.1, -0.05) is 18.2 Å². The molecule has 0 saturated heterocycles. The van der Waals surface area contributed by atoms with Crippen molar-refractivity contribution < 1.29 is 22.0 Å². The number of hydrogen-bond donors (Lipinski definition) is 1. The summed E-state index contributed by atoms with van der Waals surface area (Å²) < 4.78 is 52.4. The Kier molecular flexibility index (Phi) is 5.42. The van der Waals surface area contributed by atoms with Gasteiger partial charge in [0.05, 0.1) is 11.9 Å². The zero-order valence-corrected chi connectivity index (χ0v) is 14.8. The van der Waals surface area contributed by atoms with E-state index in [-0.39, 0.29) is 0 Å². The number of nitrogens with zero attached hydrogens (tertiary/aromatic N) is 1. The summed E-state index contributed by atoms with van der Waals surface area (Å²) in [5, 5.41) is 2.09. The van der Waals surface area contributed by atoms with Crippen molar-refractivity contribution in [2.24, 2.45) is 0 Å². The fourth-order valence-corrected chi connectivity index (χ4v) is 3.22. The van der Waals surface area contributed by atoms with Crippen LogP contribution in [0.1, 0.15) is 11.1 Å². The molecule has 5 nitrogen and oxygen atoms in total. The number of rotatable bonds is 5. The molecule has 25 heavy (non-hydrogen) atoms. The van der Waals surface area contributed by atoms with Crippen LogP contribution in [0.2, 0.25) is 0 Å². The van der Waals surface area contributed by atoms with Crippen LogP contribution in [0.3, 0.4) is 0 Å². The minimum Gasteiger partial charge on any atom is -0.320 e. The number of sulfonamides is 1. The van der Waals surface area contributed by atoms with Crippen LogP contribution in [0.5, 0.6) is 0 Å². The van der Waals surface area contributed by atoms with Crippen LogP contribution >= 0.6 is 0 Å². The highest BCUT2D eigenvalue weighted by Gasteiger charge is 2.23. The van der Waals surface area contributed by atoms with Gasteiger partial charge in [0, 0.05) is 0 Å². The standard InChI is InChI=1S/C17H18F2N2O3S/c1-11-6-4-9-15(12(11)2)21(25(3,23)24)10-16(22)20-17-13(18)7-5-8-14(17)19/h4-9H,10H2,1-3H3,(H,20,22). The van der Waals surface area contributed by atoms with E-state index in [9.17, 15) is 22.0 Å². The molecule has 1 N–H and O–H groups in total. The molecule has 0 saturated carbocycles. The number of hydrogen-bond acceptors (Lipinski definition) is 3. The lowest BCUT2D eigenvalue weighted by molar-refractivity contribution is -0.114. The number of para-hydroxylation sites is 1. The molecule has 2 rings (SSSR count). The van der Waals surface area contributed by atoms with Gasteiger partial charge in [0.1, 0.15) is 23.9 Å². The Hall–Kier alpha value is -2.48. The van der Waals surface area contributed by atoms with E-state index in [4.69, 9.17) is 0 Å². The molecule has 0 unspecified atom stereocenters. The zero-order valence-electron chi connectivity index (χ0n) is 14.0. The third-order valence-electron chi connectivity index (χ3n) is 3.76. The zero-order chi connectivity index (χ0) is 18.8. The Morgan fingerprint density at radius 1 is 1.08 bits per heavy atom. The SMILES string of the molecule is Cc1cccc(N(CC(=O)Nc2c(F)cccc2F)S(C)(=O)=O)c1C. The van der Waals surface area contributed by atoms with Gasteiger partial charge in [-0.3, -0.25) is 9.10 Å². The van der Waals surface area contributed by atoms with Crippen molar-refractivity contribution in [2.45, 2.75) is 13.8 Å². The molecule has 2 aromatic carbocycles. The molecule has 0 atom stereocenters. The molecule has 2 aromatic rings. The highest BCUT2D eigenvalue weighted by Crippen LogP contribution is 2.25. The second-order valence-corrected chi connectivity index (χ2v) is 7.54. The summed E-state index contributed by atoms with van der Waals surface area (Å²) in [4.78, 5) is 12.2. The summed E-state index contributed by atoms with van der Waals surface area (Å²) in [6.07, 6.45) is 0.964. The highest BCUT2D eigenvalue weighted by molar-refractivity contribution is 7.92. The number of aryl methyl sites for hydroxylation is 1. The molecular formula is C17H18F2N2O3S. The molecule has 8 heteroatoms. The minimum absolute atomic E-state index is 0.339. The van der Waals surface area contributed by atoms with Gasteiger partial charge in [0.25, 0.3) is 0 Å². The molecule has 0 radical (unpaired) electrons. The number of nitrogens with one attached hydrogen (secondary N) is 1. The Morgan fingerprint density at radius 3 is 2.20 bits per heavy atom. The Labute approximate surface area is 145 Å². The number of halogens is 2. The highest BCUT2D eigenvalue weighted by atomic mass is 32.2. The van der Waals surface area contributed by atoms with Crippen LogP contribution in [0.15, 0.2) is 36.4 Å². The van der Waals surface area contributed by atoms with E-state index in [1.54, 1.807) is 19.1 Å². The smallest absolute Gasteiger partial charge is 0.245 e. The molecule has 0 aliphatic heterocycles. The van der Waals surface area contributed by atoms with E-state index in [1.165, 1.54) is 6.07 Å². The third kappa shape index (κ3) is 4.33. The Bertz CT molecular complexity index is 894. The molecule has 0 bridgehead atoms. The van der Waals surface area contributed by atoms with Crippen LogP contribution in [-0.4, -0.2) is 27.1 Å². The lowest BCUT2D eigenvalue weighted by atomic mass is 10.1. The summed E-state index contributed by atoms with van der Waals surface area (Å²) in [5.41, 5.74) is 1.28. The second-order valence-electron chi connectivity index (χ2n) is 5.63. The average Bonchev–Trinajstić information content (AvgIpc) is 2.51. The Balaban J connectivity index is 2.32. The van der Waals surface area contributed by atoms with Crippen molar-refractivity contribution in [3.8, 4) is 0 Å². The van der Waals surface area contributed by atoms with E-state index < -0.39 is 39.8 Å². The summed E-state index contributed by atoms with van der Waals surface area (Å²) in [6.45, 7) is 2.95. The molecule has 0 aromatic heterocycles. The fourth-order valence-electron chi connectivity index (χ4n) is 2.31. The molecule has 0 fully saturated rings. The molecule has 0 aliphatic carbocycles. The minimum atomic E-state index is -3.78. The lowest BCUT2D eigenvalue weighted by Gasteiger charge is -2.24. The maximum atomic E-state index is 13.6. The fraction of sp³-hybridized carbons (Fsp3) is 0.235. The predicted molar refractivity (Wildman–Crippen MR) is 93.1 cm³/mol. The van der Waals surface area contributed by atoms with E-state index in [0.717, 1.165) is 28.3 Å². The number of carbonyl (C=O) groups excluding carboxylic acids is 1. The molecular weight excluding hydrogens is 350 g/mol. The van der Waals surface area contributed by atoms with Crippen molar-refractivity contribution in [1.82, 2.24) is 0 Å². The largest absolute Gasteiger partial charge is 0.320 e. The third-order valence-corrected chi connectivity index (χ3v) is 4.89. The maximum absolute atomic E-state index is 13.6. The quantitative estimate of drug-likeness (QED) is 0.882. The monoisotopic (exact) mass is 368 g/mol. The van der Waals surface area contributed by atoms with E-state index >= 15 is 0 Å². The van der Waals surface area contributed by atoms with Crippen molar-refractivity contribution in [3.63, 3.8) is 0 Å². The molecule has 1 amide bonds. The maximum Gasteiger partial charge on any atom is 0.245 e. The summed E-state index contributed by atoms with van der Waals surface area (Å²) >= 11 is 0. The molecule has 134 valence electrons. The van der Waals surface area contributed by atoms with Crippen LogP contribution in [-0.2, 0) is 14.8 Å². The summed E-state index contributed by atoms with van der Waals surface area (Å²) in [5.74, 6) is -2.73. The van der Waals surface area contributed by atoms with Gasteiger partial charge in [0.15, 0.2) is 0 Å². The van der Waals surface area contributed by atoms with Gasteiger partial charge in [-0.2, -0.15) is 0 Å². The van der Waals surface area contributed by atoms with Gasteiger partial charge < -0.3 is 5.32 Å². The van der Waals surface area contributed by atoms with Gasteiger partial charge in [-0.15, -0.1) is 0 Å². The molecule has 0 heterocycles. The Morgan fingerprint density at radius 2 is 1.64 bits per heavy atom. The molecule has 0 spiro atoms. The number of benzene rings is 2. The van der Waals surface area contributed by atoms with Gasteiger partial charge >= 0.3 is 0 Å². The van der Waals surface area contributed by atoms with Gasteiger partial charge in [-0.05, 0) is 43.2 Å². The number of carbonyl (C=O) groups is 1. The normalized spacial score (nSPS) is 11.2. The average molecular weight is 368 g/mol. The number of amides is 1. The lowest BCUT2D eigenvalue weighted by Crippen LogP contribution is -2.38. The first-order valence-electron chi connectivity index (χ1n) is 7.39. The first kappa shape index (κ1) is 18.9. The van der Waals surface area contributed by atoms with Gasteiger partial charge in [0.2, 0.25) is 15.9 Å². The molecule has 0 aliphatic rings. The topological polar surface area (TPSA) is 66.5 Å².